The molecule has 2 N–H and O–H groups in total. The number of benzene rings is 6. The smallest absolute Gasteiger partial charge is 0.129 e. The van der Waals surface area contributed by atoms with Crippen molar-refractivity contribution in [3.8, 4) is 91.8 Å². The molecule has 4 aliphatic rings. The number of carbonyl (C=O) groups excluding carboxylic acids is 3. The molecule has 6 aromatic carbocycles. The van der Waals surface area contributed by atoms with Gasteiger partial charge in [0.2, 0.25) is 0 Å². The minimum Gasteiger partial charge on any atom is -0.508 e. The predicted octanol–water partition coefficient (Wildman–Crippen LogP) is 12.6. The van der Waals surface area contributed by atoms with E-state index < -0.39 is 0 Å². The van der Waals surface area contributed by atoms with Gasteiger partial charge in [-0.2, -0.15) is 21.0 Å². The number of hydrogen-bond donors (Lipinski definition) is 2. The molecule has 378 valence electrons. The Labute approximate surface area is 446 Å². The Morgan fingerprint density at radius 2 is 0.747 bits per heavy atom. The van der Waals surface area contributed by atoms with E-state index in [1.165, 1.54) is 0 Å². The lowest BCUT2D eigenvalue weighted by Gasteiger charge is -2.31. The van der Waals surface area contributed by atoms with Gasteiger partial charge in [0, 0.05) is 24.6 Å². The minimum absolute atomic E-state index is 0.160. The molecule has 0 radical (unpaired) electrons. The highest BCUT2D eigenvalue weighted by molar-refractivity contribution is 9.09. The lowest BCUT2D eigenvalue weighted by molar-refractivity contribution is -0.118. The number of alkyl halides is 1. The molecule has 0 unspecified atom stereocenters. The molecule has 0 fully saturated rings. The van der Waals surface area contributed by atoms with E-state index in [4.69, 9.17) is 9.47 Å². The molecule has 0 saturated heterocycles. The summed E-state index contributed by atoms with van der Waals surface area (Å²) in [5.74, 6) is 2.62. The molecule has 4 aliphatic carbocycles. The van der Waals surface area contributed by atoms with Gasteiger partial charge in [-0.05, 0) is 229 Å². The monoisotopic (exact) mass is 1060 g/mol. The number of phenolic OH excluding ortho intramolecular Hbond substituents is 2. The second kappa shape index (κ2) is 23.9. The third-order valence-corrected chi connectivity index (χ3v) is 15.0. The van der Waals surface area contributed by atoms with Crippen molar-refractivity contribution in [3.63, 3.8) is 0 Å². The number of halogens is 1. The van der Waals surface area contributed by atoms with Gasteiger partial charge in [-0.25, -0.2) is 0 Å². The van der Waals surface area contributed by atoms with Gasteiger partial charge < -0.3 is 34.1 Å². The summed E-state index contributed by atoms with van der Waals surface area (Å²) in [7, 11) is 0. The van der Waals surface area contributed by atoms with Gasteiger partial charge in [-0.15, -0.1) is 0 Å². The number of ether oxygens (including phenoxy) is 2. The first-order chi connectivity index (χ1) is 36.3. The van der Waals surface area contributed by atoms with Gasteiger partial charge >= 0.3 is 0 Å². The number of aryl methyl sites for hydroxylation is 4. The summed E-state index contributed by atoms with van der Waals surface area (Å²) in [5.41, 5.74) is 18.4. The van der Waals surface area contributed by atoms with Crippen LogP contribution in [-0.2, 0) is 65.8 Å². The van der Waals surface area contributed by atoms with Crippen LogP contribution in [0.3, 0.4) is 0 Å². The van der Waals surface area contributed by atoms with Crippen molar-refractivity contribution >= 4 is 33.3 Å². The van der Waals surface area contributed by atoms with Crippen molar-refractivity contribution in [3.05, 3.63) is 140 Å². The SMILES string of the molecule is CC(=O)CCCBr.CC(=O)CCCOc1ccc2c(c1)CCc1c(C#N)c(C#N)c3c(c1-2)-c1ccc(OCCCC(C)=O)cc1CC3.N#Cc1c(C#N)c2c(c3c1CCc1cc(O)ccc1-3)-c1ccc(O)cc1CC2. The highest BCUT2D eigenvalue weighted by Crippen LogP contribution is 2.51. The predicted molar refractivity (Wildman–Crippen MR) is 291 cm³/mol. The molecule has 0 saturated carbocycles. The van der Waals surface area contributed by atoms with Gasteiger partial charge in [0.25, 0.3) is 0 Å². The molecule has 0 aliphatic heterocycles. The van der Waals surface area contributed by atoms with Crippen LogP contribution in [0.2, 0.25) is 0 Å². The molecule has 0 spiro atoms. The Hall–Kier alpha value is -8.03. The molecule has 0 amide bonds. The van der Waals surface area contributed by atoms with Crippen molar-refractivity contribution in [1.82, 2.24) is 0 Å². The molecular formula is C63H57BrN4O7. The Kier molecular flexibility index (Phi) is 17.0. The van der Waals surface area contributed by atoms with Crippen molar-refractivity contribution < 1.29 is 34.1 Å². The maximum atomic E-state index is 11.2. The number of Topliss-reactive ketones (excluding diaryl/α,β-unsaturated/α-hetero) is 3. The molecular weight excluding hydrogens is 1000 g/mol. The molecule has 0 heterocycles. The fourth-order valence-electron chi connectivity index (χ4n) is 11.0. The first-order valence-electron chi connectivity index (χ1n) is 25.5. The maximum absolute atomic E-state index is 11.2. The fraction of sp³-hybridized carbons (Fsp3) is 0.317. The van der Waals surface area contributed by atoms with Gasteiger partial charge in [-0.1, -0.05) is 40.2 Å². The zero-order chi connectivity index (χ0) is 53.3. The molecule has 0 bridgehead atoms. The van der Waals surface area contributed by atoms with Crippen molar-refractivity contribution in [2.45, 2.75) is 111 Å². The van der Waals surface area contributed by atoms with Crippen LogP contribution in [0.25, 0.3) is 44.5 Å². The quantitative estimate of drug-likeness (QED) is 0.0822. The second-order valence-corrected chi connectivity index (χ2v) is 20.3. The zero-order valence-electron chi connectivity index (χ0n) is 42.6. The molecule has 0 atom stereocenters. The average Bonchev–Trinajstić information content (AvgIpc) is 3.41. The summed E-state index contributed by atoms with van der Waals surface area (Å²) in [6.07, 6.45) is 9.68. The van der Waals surface area contributed by atoms with Crippen molar-refractivity contribution in [2.75, 3.05) is 18.5 Å². The molecule has 12 heteroatoms. The third-order valence-electron chi connectivity index (χ3n) is 14.4. The number of aromatic hydroxyl groups is 2. The first-order valence-corrected chi connectivity index (χ1v) is 26.7. The fourth-order valence-corrected chi connectivity index (χ4v) is 11.3. The van der Waals surface area contributed by atoms with Gasteiger partial charge in [0.05, 0.1) is 35.5 Å². The van der Waals surface area contributed by atoms with Crippen LogP contribution in [0, 0.1) is 45.3 Å². The van der Waals surface area contributed by atoms with E-state index in [9.17, 15) is 45.6 Å². The largest absolute Gasteiger partial charge is 0.508 e. The number of rotatable bonds is 13. The van der Waals surface area contributed by atoms with Crippen LogP contribution in [-0.4, -0.2) is 46.1 Å². The summed E-state index contributed by atoms with van der Waals surface area (Å²) in [5, 5.41) is 60.8. The zero-order valence-corrected chi connectivity index (χ0v) is 44.1. The normalized spacial score (nSPS) is 12.5. The van der Waals surface area contributed by atoms with Crippen LogP contribution in [0.15, 0.2) is 72.8 Å². The van der Waals surface area contributed by atoms with Gasteiger partial charge in [0.15, 0.2) is 0 Å². The maximum Gasteiger partial charge on any atom is 0.129 e. The van der Waals surface area contributed by atoms with Crippen LogP contribution in [0.4, 0.5) is 0 Å². The lowest BCUT2D eigenvalue weighted by atomic mass is 9.72. The van der Waals surface area contributed by atoms with Crippen LogP contribution < -0.4 is 9.47 Å². The number of phenols is 2. The Bertz CT molecular complexity index is 3240. The number of carbonyl (C=O) groups is 3. The van der Waals surface area contributed by atoms with Crippen LogP contribution >= 0.6 is 15.9 Å². The van der Waals surface area contributed by atoms with E-state index in [0.717, 1.165) is 138 Å². The molecule has 0 aromatic heterocycles. The number of fused-ring (bicyclic) bond motifs is 14. The van der Waals surface area contributed by atoms with Crippen LogP contribution in [0.5, 0.6) is 23.0 Å². The number of nitriles is 4. The standard InChI is InChI=1S/C34H32N2O4.C24H16N2O2.C5H9BrO/c1-21(37)5-3-15-39-25-9-13-27-23(17-25)7-11-29-31(19-35)32(20-36)30-12-8-24-18-26(40-16-4-6-22(2)38)10-14-28(24)34(30)33(27)29;25-11-21-19-5-1-13-9-15(27)3-7-17(13)23(19)24-18-8-4-16(28)10-14(18)2-6-20(24)22(21)12-26;1-5(7)3-2-4-6/h9-10,13-14,17-18H,3-8,11-12,15-16H2,1-2H3;3-4,7-10,27-28H,1-2,5-6H2;2-4H2,1H3. The Balaban J connectivity index is 0.000000185. The Morgan fingerprint density at radius 1 is 0.453 bits per heavy atom. The summed E-state index contributed by atoms with van der Waals surface area (Å²) in [6.45, 7) is 5.77. The minimum atomic E-state index is 0.160. The van der Waals surface area contributed by atoms with E-state index in [0.29, 0.717) is 93.3 Å². The first kappa shape index (κ1) is 53.3. The summed E-state index contributed by atoms with van der Waals surface area (Å²) in [6, 6.07) is 32.2. The van der Waals surface area contributed by atoms with Crippen LogP contribution in [0.1, 0.15) is 126 Å². The molecule has 75 heavy (non-hydrogen) atoms. The Morgan fingerprint density at radius 3 is 1.03 bits per heavy atom. The van der Waals surface area contributed by atoms with Crippen molar-refractivity contribution in [2.24, 2.45) is 0 Å². The second-order valence-electron chi connectivity index (χ2n) is 19.5. The molecule has 11 nitrogen and oxygen atoms in total. The van der Waals surface area contributed by atoms with Crippen molar-refractivity contribution in [1.29, 1.82) is 21.0 Å². The summed E-state index contributed by atoms with van der Waals surface area (Å²) >= 11 is 3.23. The van der Waals surface area contributed by atoms with Gasteiger partial charge in [0.1, 0.15) is 64.6 Å². The summed E-state index contributed by atoms with van der Waals surface area (Å²) < 4.78 is 11.9. The van der Waals surface area contributed by atoms with E-state index in [1.807, 2.05) is 24.3 Å². The third kappa shape index (κ3) is 11.4. The van der Waals surface area contributed by atoms with E-state index in [2.05, 4.69) is 64.5 Å². The summed E-state index contributed by atoms with van der Waals surface area (Å²) in [4.78, 5) is 32.7. The number of hydrogen-bond acceptors (Lipinski definition) is 11. The van der Waals surface area contributed by atoms with E-state index in [-0.39, 0.29) is 28.8 Å². The average molecular weight is 1060 g/mol. The number of ketones is 3. The van der Waals surface area contributed by atoms with E-state index >= 15 is 0 Å². The topological polar surface area (TPSA) is 205 Å². The van der Waals surface area contributed by atoms with E-state index in [1.54, 1.807) is 45.0 Å². The molecule has 6 aromatic rings. The number of nitrogens with zero attached hydrogens (tertiary/aromatic N) is 4. The van der Waals surface area contributed by atoms with Gasteiger partial charge in [-0.3, -0.25) is 0 Å². The molecule has 10 rings (SSSR count). The lowest BCUT2D eigenvalue weighted by Crippen LogP contribution is -2.16. The highest BCUT2D eigenvalue weighted by Gasteiger charge is 2.34. The highest BCUT2D eigenvalue weighted by atomic mass is 79.9.